The van der Waals surface area contributed by atoms with E-state index in [1.807, 2.05) is 13.0 Å². The third-order valence-electron chi connectivity index (χ3n) is 2.82. The Bertz CT molecular complexity index is 709. The number of aryl methyl sites for hydroxylation is 1. The Morgan fingerprint density at radius 1 is 1.47 bits per heavy atom. The lowest BCUT2D eigenvalue weighted by Gasteiger charge is -2.12. The molecule has 1 atom stereocenters. The molecule has 2 aromatic rings. The maximum absolute atomic E-state index is 11.9. The standard InChI is InChI=1S/C13H13ClN2O3/c1-6-2-3-9-7(4-6)12(14)11(13(18)19-9)8(15)5-10(16)17/h2-4,8H,5,15H2,1H3,(H2,16,17). The minimum atomic E-state index is -0.869. The molecule has 6 heteroatoms. The molecule has 1 heterocycles. The molecule has 0 aliphatic carbocycles. The SMILES string of the molecule is Cc1ccc2oc(=O)c(C(N)CC(N)=O)c(Cl)c2c1. The van der Waals surface area contributed by atoms with Crippen LogP contribution >= 0.6 is 11.6 Å². The van der Waals surface area contributed by atoms with Gasteiger partial charge in [-0.2, -0.15) is 0 Å². The van der Waals surface area contributed by atoms with Crippen LogP contribution in [0.1, 0.15) is 23.6 Å². The smallest absolute Gasteiger partial charge is 0.342 e. The van der Waals surface area contributed by atoms with E-state index in [1.54, 1.807) is 12.1 Å². The molecule has 19 heavy (non-hydrogen) atoms. The van der Waals surface area contributed by atoms with Crippen LogP contribution in [-0.2, 0) is 4.79 Å². The van der Waals surface area contributed by atoms with Crippen molar-refractivity contribution in [3.8, 4) is 0 Å². The van der Waals surface area contributed by atoms with Crippen LogP contribution in [0.4, 0.5) is 0 Å². The van der Waals surface area contributed by atoms with Crippen LogP contribution in [-0.4, -0.2) is 5.91 Å². The largest absolute Gasteiger partial charge is 0.422 e. The Labute approximate surface area is 114 Å². The van der Waals surface area contributed by atoms with Gasteiger partial charge in [-0.05, 0) is 19.1 Å². The molecule has 0 aliphatic rings. The number of benzene rings is 1. The maximum atomic E-state index is 11.9. The predicted molar refractivity (Wildman–Crippen MR) is 73.0 cm³/mol. The van der Waals surface area contributed by atoms with Crippen LogP contribution < -0.4 is 17.1 Å². The van der Waals surface area contributed by atoms with Crippen molar-refractivity contribution in [3.05, 3.63) is 44.8 Å². The van der Waals surface area contributed by atoms with Crippen molar-refractivity contribution < 1.29 is 9.21 Å². The normalized spacial score (nSPS) is 12.6. The number of hydrogen-bond donors (Lipinski definition) is 2. The number of primary amides is 1. The quantitative estimate of drug-likeness (QED) is 0.835. The van der Waals surface area contributed by atoms with Crippen LogP contribution in [0, 0.1) is 6.92 Å². The van der Waals surface area contributed by atoms with Gasteiger partial charge in [0.15, 0.2) is 0 Å². The molecule has 0 spiro atoms. The maximum Gasteiger partial charge on any atom is 0.342 e. The molecular formula is C13H13ClN2O3. The molecule has 0 radical (unpaired) electrons. The van der Waals surface area contributed by atoms with Gasteiger partial charge in [0.2, 0.25) is 5.91 Å². The van der Waals surface area contributed by atoms with Crippen LogP contribution in [0.25, 0.3) is 11.0 Å². The predicted octanol–water partition coefficient (Wildman–Crippen LogP) is 1.63. The first-order chi connectivity index (χ1) is 8.90. The molecule has 5 nitrogen and oxygen atoms in total. The van der Waals surface area contributed by atoms with Crippen LogP contribution in [0.2, 0.25) is 5.02 Å². The van der Waals surface area contributed by atoms with Crippen LogP contribution in [0.15, 0.2) is 27.4 Å². The zero-order chi connectivity index (χ0) is 14.2. The second-order valence-corrected chi connectivity index (χ2v) is 4.77. The second-order valence-electron chi connectivity index (χ2n) is 4.39. The number of fused-ring (bicyclic) bond motifs is 1. The molecule has 0 fully saturated rings. The fourth-order valence-corrected chi connectivity index (χ4v) is 2.29. The molecule has 1 aromatic carbocycles. The number of carbonyl (C=O) groups is 1. The summed E-state index contributed by atoms with van der Waals surface area (Å²) < 4.78 is 5.16. The highest BCUT2D eigenvalue weighted by atomic mass is 35.5. The summed E-state index contributed by atoms with van der Waals surface area (Å²) >= 11 is 6.21. The van der Waals surface area contributed by atoms with Crippen molar-refractivity contribution in [3.63, 3.8) is 0 Å². The number of carbonyl (C=O) groups excluding carboxylic acids is 1. The van der Waals surface area contributed by atoms with Gasteiger partial charge < -0.3 is 15.9 Å². The fourth-order valence-electron chi connectivity index (χ4n) is 1.93. The zero-order valence-corrected chi connectivity index (χ0v) is 11.0. The number of amides is 1. The van der Waals surface area contributed by atoms with Crippen molar-refractivity contribution in [2.75, 3.05) is 0 Å². The summed E-state index contributed by atoms with van der Waals surface area (Å²) in [6.45, 7) is 1.89. The Kier molecular flexibility index (Phi) is 3.59. The third kappa shape index (κ3) is 2.62. The van der Waals surface area contributed by atoms with E-state index in [0.29, 0.717) is 11.0 Å². The Balaban J connectivity index is 2.67. The van der Waals surface area contributed by atoms with Gasteiger partial charge in [0, 0.05) is 17.8 Å². The van der Waals surface area contributed by atoms with Gasteiger partial charge in [0.25, 0.3) is 0 Å². The lowest BCUT2D eigenvalue weighted by molar-refractivity contribution is -0.118. The van der Waals surface area contributed by atoms with E-state index in [9.17, 15) is 9.59 Å². The Morgan fingerprint density at radius 3 is 2.79 bits per heavy atom. The number of nitrogens with two attached hydrogens (primary N) is 2. The van der Waals surface area contributed by atoms with E-state index in [1.165, 1.54) is 0 Å². The number of hydrogen-bond acceptors (Lipinski definition) is 4. The summed E-state index contributed by atoms with van der Waals surface area (Å²) in [5.41, 5.74) is 11.6. The van der Waals surface area contributed by atoms with Crippen molar-refractivity contribution >= 4 is 28.5 Å². The molecular weight excluding hydrogens is 268 g/mol. The van der Waals surface area contributed by atoms with Crippen LogP contribution in [0.5, 0.6) is 0 Å². The number of halogens is 1. The zero-order valence-electron chi connectivity index (χ0n) is 10.3. The topological polar surface area (TPSA) is 99.3 Å². The van der Waals surface area contributed by atoms with E-state index >= 15 is 0 Å². The molecule has 100 valence electrons. The molecule has 0 saturated carbocycles. The van der Waals surface area contributed by atoms with E-state index in [2.05, 4.69) is 0 Å². The van der Waals surface area contributed by atoms with Gasteiger partial charge in [-0.3, -0.25) is 4.79 Å². The summed E-state index contributed by atoms with van der Waals surface area (Å²) in [4.78, 5) is 22.8. The second kappa shape index (κ2) is 5.03. The molecule has 4 N–H and O–H groups in total. The molecule has 1 aromatic heterocycles. The molecule has 0 bridgehead atoms. The Morgan fingerprint density at radius 2 is 2.16 bits per heavy atom. The van der Waals surface area contributed by atoms with Crippen molar-refractivity contribution in [2.45, 2.75) is 19.4 Å². The average molecular weight is 281 g/mol. The summed E-state index contributed by atoms with van der Waals surface area (Å²) in [5, 5.41) is 0.805. The van der Waals surface area contributed by atoms with Gasteiger partial charge in [-0.25, -0.2) is 4.79 Å². The fraction of sp³-hybridized carbons (Fsp3) is 0.231. The highest BCUT2D eigenvalue weighted by molar-refractivity contribution is 6.36. The van der Waals surface area contributed by atoms with E-state index in [4.69, 9.17) is 27.5 Å². The summed E-state index contributed by atoms with van der Waals surface area (Å²) in [6, 6.07) is 4.40. The van der Waals surface area contributed by atoms with Crippen LogP contribution in [0.3, 0.4) is 0 Å². The van der Waals surface area contributed by atoms with Gasteiger partial charge in [0.1, 0.15) is 5.58 Å². The minimum Gasteiger partial charge on any atom is -0.422 e. The minimum absolute atomic E-state index is 0.0820. The van der Waals surface area contributed by atoms with Gasteiger partial charge in [-0.1, -0.05) is 23.2 Å². The first-order valence-corrected chi connectivity index (χ1v) is 6.04. The molecule has 1 unspecified atom stereocenters. The average Bonchev–Trinajstić information content (AvgIpc) is 2.29. The van der Waals surface area contributed by atoms with Crippen molar-refractivity contribution in [2.24, 2.45) is 11.5 Å². The van der Waals surface area contributed by atoms with Gasteiger partial charge in [0.05, 0.1) is 10.6 Å². The lowest BCUT2D eigenvalue weighted by atomic mass is 10.0. The van der Waals surface area contributed by atoms with Crippen molar-refractivity contribution in [1.82, 2.24) is 0 Å². The van der Waals surface area contributed by atoms with E-state index in [-0.39, 0.29) is 17.0 Å². The summed E-state index contributed by atoms with van der Waals surface area (Å²) in [5.74, 6) is -0.604. The summed E-state index contributed by atoms with van der Waals surface area (Å²) in [7, 11) is 0. The monoisotopic (exact) mass is 280 g/mol. The van der Waals surface area contributed by atoms with Crippen molar-refractivity contribution in [1.29, 1.82) is 0 Å². The molecule has 2 rings (SSSR count). The lowest BCUT2D eigenvalue weighted by Crippen LogP contribution is -2.25. The molecule has 0 aliphatic heterocycles. The number of rotatable bonds is 3. The van der Waals surface area contributed by atoms with E-state index in [0.717, 1.165) is 5.56 Å². The first kappa shape index (κ1) is 13.6. The molecule has 1 amide bonds. The first-order valence-electron chi connectivity index (χ1n) is 5.67. The highest BCUT2D eigenvalue weighted by Crippen LogP contribution is 2.29. The van der Waals surface area contributed by atoms with Gasteiger partial charge in [-0.15, -0.1) is 0 Å². The third-order valence-corrected chi connectivity index (χ3v) is 3.23. The highest BCUT2D eigenvalue weighted by Gasteiger charge is 2.20. The summed E-state index contributed by atoms with van der Waals surface area (Å²) in [6.07, 6.45) is -0.165. The Hall–Kier alpha value is -1.85. The van der Waals surface area contributed by atoms with Gasteiger partial charge >= 0.3 is 5.63 Å². The van der Waals surface area contributed by atoms with E-state index < -0.39 is 17.6 Å². The molecule has 0 saturated heterocycles.